The zero-order valence-electron chi connectivity index (χ0n) is 9.87. The molecule has 0 saturated carbocycles. The Morgan fingerprint density at radius 1 is 1.38 bits per heavy atom. The maximum Gasteiger partial charge on any atom is 0.137 e. The molecule has 0 unspecified atom stereocenters. The lowest BCUT2D eigenvalue weighted by molar-refractivity contribution is 0.233. The Morgan fingerprint density at radius 3 is 2.69 bits per heavy atom. The van der Waals surface area contributed by atoms with Gasteiger partial charge in [-0.3, -0.25) is 0 Å². The SMILES string of the molecule is CC(C)Cc1ccc(OCCCO)c(Cl)c1. The highest BCUT2D eigenvalue weighted by molar-refractivity contribution is 6.32. The Hall–Kier alpha value is -0.730. The molecule has 0 bridgehead atoms. The van der Waals surface area contributed by atoms with Crippen molar-refractivity contribution in [3.8, 4) is 5.75 Å². The fourth-order valence-corrected chi connectivity index (χ4v) is 1.76. The van der Waals surface area contributed by atoms with Gasteiger partial charge in [0, 0.05) is 13.0 Å². The topological polar surface area (TPSA) is 29.5 Å². The van der Waals surface area contributed by atoms with E-state index in [9.17, 15) is 0 Å². The van der Waals surface area contributed by atoms with Crippen LogP contribution in [0.4, 0.5) is 0 Å². The summed E-state index contributed by atoms with van der Waals surface area (Å²) >= 11 is 6.10. The van der Waals surface area contributed by atoms with Crippen LogP contribution in [0.3, 0.4) is 0 Å². The molecule has 1 N–H and O–H groups in total. The average Bonchev–Trinajstić information content (AvgIpc) is 2.20. The molecule has 0 radical (unpaired) electrons. The van der Waals surface area contributed by atoms with Gasteiger partial charge in [0.05, 0.1) is 11.6 Å². The van der Waals surface area contributed by atoms with Crippen molar-refractivity contribution in [2.75, 3.05) is 13.2 Å². The van der Waals surface area contributed by atoms with Crippen LogP contribution in [0, 0.1) is 5.92 Å². The van der Waals surface area contributed by atoms with E-state index in [2.05, 4.69) is 13.8 Å². The van der Waals surface area contributed by atoms with Gasteiger partial charge in [-0.2, -0.15) is 0 Å². The van der Waals surface area contributed by atoms with Crippen molar-refractivity contribution in [1.82, 2.24) is 0 Å². The molecule has 2 nitrogen and oxygen atoms in total. The predicted molar refractivity (Wildman–Crippen MR) is 67.2 cm³/mol. The lowest BCUT2D eigenvalue weighted by atomic mass is 10.0. The number of aliphatic hydroxyl groups excluding tert-OH is 1. The molecule has 1 aromatic rings. The molecule has 0 atom stereocenters. The second-order valence-corrected chi connectivity index (χ2v) is 4.70. The van der Waals surface area contributed by atoms with E-state index in [4.69, 9.17) is 21.4 Å². The van der Waals surface area contributed by atoms with Crippen LogP contribution >= 0.6 is 11.6 Å². The van der Waals surface area contributed by atoms with Gasteiger partial charge in [0.15, 0.2) is 0 Å². The monoisotopic (exact) mass is 242 g/mol. The van der Waals surface area contributed by atoms with Gasteiger partial charge in [-0.15, -0.1) is 0 Å². The summed E-state index contributed by atoms with van der Waals surface area (Å²) in [6.07, 6.45) is 1.65. The fraction of sp³-hybridized carbons (Fsp3) is 0.538. The van der Waals surface area contributed by atoms with E-state index in [1.807, 2.05) is 18.2 Å². The summed E-state index contributed by atoms with van der Waals surface area (Å²) in [4.78, 5) is 0. The summed E-state index contributed by atoms with van der Waals surface area (Å²) in [5.41, 5.74) is 1.23. The summed E-state index contributed by atoms with van der Waals surface area (Å²) in [6, 6.07) is 5.90. The van der Waals surface area contributed by atoms with Gasteiger partial charge in [-0.1, -0.05) is 31.5 Å². The molecule has 1 aromatic carbocycles. The molecule has 1 rings (SSSR count). The Bertz CT molecular complexity index is 324. The molecule has 90 valence electrons. The van der Waals surface area contributed by atoms with Gasteiger partial charge in [0.1, 0.15) is 5.75 Å². The highest BCUT2D eigenvalue weighted by Crippen LogP contribution is 2.26. The van der Waals surface area contributed by atoms with Crippen LogP contribution in [-0.2, 0) is 6.42 Å². The molecular formula is C13H19ClO2. The molecule has 0 spiro atoms. The first-order chi connectivity index (χ1) is 7.63. The van der Waals surface area contributed by atoms with E-state index in [0.717, 1.165) is 6.42 Å². The highest BCUT2D eigenvalue weighted by atomic mass is 35.5. The summed E-state index contributed by atoms with van der Waals surface area (Å²) in [5.74, 6) is 1.32. The number of benzene rings is 1. The Kier molecular flexibility index (Phi) is 5.64. The first-order valence-corrected chi connectivity index (χ1v) is 6.03. The first kappa shape index (κ1) is 13.3. The molecule has 0 aliphatic carbocycles. The van der Waals surface area contributed by atoms with Gasteiger partial charge in [0.25, 0.3) is 0 Å². The maximum absolute atomic E-state index is 8.64. The van der Waals surface area contributed by atoms with Crippen molar-refractivity contribution < 1.29 is 9.84 Å². The summed E-state index contributed by atoms with van der Waals surface area (Å²) in [6.45, 7) is 5.00. The van der Waals surface area contributed by atoms with Crippen LogP contribution in [0.25, 0.3) is 0 Å². The van der Waals surface area contributed by atoms with Crippen LogP contribution in [0.15, 0.2) is 18.2 Å². The van der Waals surface area contributed by atoms with E-state index < -0.39 is 0 Å². The Labute approximate surface area is 102 Å². The van der Waals surface area contributed by atoms with E-state index in [0.29, 0.717) is 29.7 Å². The summed E-state index contributed by atoms with van der Waals surface area (Å²) < 4.78 is 5.45. The minimum absolute atomic E-state index is 0.142. The second kappa shape index (κ2) is 6.77. The number of aliphatic hydroxyl groups is 1. The molecule has 3 heteroatoms. The smallest absolute Gasteiger partial charge is 0.137 e. The molecule has 0 fully saturated rings. The van der Waals surface area contributed by atoms with Gasteiger partial charge >= 0.3 is 0 Å². The zero-order chi connectivity index (χ0) is 12.0. The largest absolute Gasteiger partial charge is 0.492 e. The van der Waals surface area contributed by atoms with Gasteiger partial charge in [-0.25, -0.2) is 0 Å². The summed E-state index contributed by atoms with van der Waals surface area (Å²) in [5, 5.41) is 9.29. The predicted octanol–water partition coefficient (Wildman–Crippen LogP) is 3.30. The quantitative estimate of drug-likeness (QED) is 0.776. The van der Waals surface area contributed by atoms with Crippen molar-refractivity contribution in [2.24, 2.45) is 5.92 Å². The number of ether oxygens (including phenoxy) is 1. The van der Waals surface area contributed by atoms with Crippen LogP contribution in [-0.4, -0.2) is 18.3 Å². The fourth-order valence-electron chi connectivity index (χ4n) is 1.51. The average molecular weight is 243 g/mol. The van der Waals surface area contributed by atoms with Gasteiger partial charge in [-0.05, 0) is 30.0 Å². The van der Waals surface area contributed by atoms with Crippen LogP contribution in [0.1, 0.15) is 25.8 Å². The second-order valence-electron chi connectivity index (χ2n) is 4.29. The third-order valence-corrected chi connectivity index (χ3v) is 2.50. The number of halogens is 1. The lowest BCUT2D eigenvalue weighted by Crippen LogP contribution is -2.01. The highest BCUT2D eigenvalue weighted by Gasteiger charge is 2.04. The van der Waals surface area contributed by atoms with Gasteiger partial charge < -0.3 is 9.84 Å². The van der Waals surface area contributed by atoms with Crippen LogP contribution in [0.5, 0.6) is 5.75 Å². The minimum atomic E-state index is 0.142. The van der Waals surface area contributed by atoms with Crippen LogP contribution < -0.4 is 4.74 Å². The van der Waals surface area contributed by atoms with Crippen molar-refractivity contribution >= 4 is 11.6 Å². The normalized spacial score (nSPS) is 10.8. The third kappa shape index (κ3) is 4.42. The molecular weight excluding hydrogens is 224 g/mol. The number of hydrogen-bond acceptors (Lipinski definition) is 2. The van der Waals surface area contributed by atoms with Gasteiger partial charge in [0.2, 0.25) is 0 Å². The third-order valence-electron chi connectivity index (χ3n) is 2.20. The maximum atomic E-state index is 8.64. The van der Waals surface area contributed by atoms with E-state index in [-0.39, 0.29) is 6.61 Å². The molecule has 0 aromatic heterocycles. The van der Waals surface area contributed by atoms with E-state index >= 15 is 0 Å². The van der Waals surface area contributed by atoms with Crippen molar-refractivity contribution in [1.29, 1.82) is 0 Å². The molecule has 0 aliphatic heterocycles. The summed E-state index contributed by atoms with van der Waals surface area (Å²) in [7, 11) is 0. The molecule has 0 heterocycles. The van der Waals surface area contributed by atoms with E-state index in [1.165, 1.54) is 5.56 Å². The molecule has 0 amide bonds. The van der Waals surface area contributed by atoms with Crippen molar-refractivity contribution in [2.45, 2.75) is 26.7 Å². The molecule has 16 heavy (non-hydrogen) atoms. The lowest BCUT2D eigenvalue weighted by Gasteiger charge is -2.10. The number of hydrogen-bond donors (Lipinski definition) is 1. The zero-order valence-corrected chi connectivity index (χ0v) is 10.6. The standard InChI is InChI=1S/C13H19ClO2/c1-10(2)8-11-4-5-13(12(14)9-11)16-7-3-6-15/h4-5,9-10,15H,3,6-8H2,1-2H3. The molecule has 0 aliphatic rings. The number of rotatable bonds is 6. The Balaban J connectivity index is 2.60. The van der Waals surface area contributed by atoms with Crippen molar-refractivity contribution in [3.05, 3.63) is 28.8 Å². The molecule has 0 saturated heterocycles. The van der Waals surface area contributed by atoms with Crippen molar-refractivity contribution in [3.63, 3.8) is 0 Å². The Morgan fingerprint density at radius 2 is 2.12 bits per heavy atom. The minimum Gasteiger partial charge on any atom is -0.492 e. The van der Waals surface area contributed by atoms with Crippen LogP contribution in [0.2, 0.25) is 5.02 Å². The van der Waals surface area contributed by atoms with E-state index in [1.54, 1.807) is 0 Å². The first-order valence-electron chi connectivity index (χ1n) is 5.65.